The summed E-state index contributed by atoms with van der Waals surface area (Å²) >= 11 is 0. The van der Waals surface area contributed by atoms with E-state index in [9.17, 15) is 9.18 Å². The van der Waals surface area contributed by atoms with Gasteiger partial charge in [-0.3, -0.25) is 4.79 Å². The molecular formula is C21H27FN3O2+. The van der Waals surface area contributed by atoms with Crippen molar-refractivity contribution < 1.29 is 18.8 Å². The third kappa shape index (κ3) is 5.05. The molecule has 1 amide bonds. The number of halogens is 1. The number of rotatable bonds is 6. The van der Waals surface area contributed by atoms with Gasteiger partial charge in [-0.15, -0.1) is 0 Å². The minimum absolute atomic E-state index is 0.127. The van der Waals surface area contributed by atoms with E-state index in [0.717, 1.165) is 32.0 Å². The average molecular weight is 372 g/mol. The number of quaternary nitrogens is 1. The SMILES string of the molecule is CN(C)c1ccc([C@@H](CNC(=O)c2cccc(F)c2)[NH+]2CCOCC2)cc1. The highest BCUT2D eigenvalue weighted by atomic mass is 19.1. The lowest BCUT2D eigenvalue weighted by molar-refractivity contribution is -0.937. The van der Waals surface area contributed by atoms with Crippen molar-refractivity contribution in [1.82, 2.24) is 5.32 Å². The molecule has 0 unspecified atom stereocenters. The first-order valence-electron chi connectivity index (χ1n) is 9.28. The lowest BCUT2D eigenvalue weighted by Crippen LogP contribution is -3.15. The van der Waals surface area contributed by atoms with Crippen LogP contribution in [0.4, 0.5) is 10.1 Å². The molecule has 1 atom stereocenters. The van der Waals surface area contributed by atoms with Crippen molar-refractivity contribution in [1.29, 1.82) is 0 Å². The van der Waals surface area contributed by atoms with E-state index in [1.54, 1.807) is 12.1 Å². The van der Waals surface area contributed by atoms with Gasteiger partial charge < -0.3 is 19.9 Å². The molecule has 1 aliphatic rings. The zero-order valence-corrected chi connectivity index (χ0v) is 15.9. The summed E-state index contributed by atoms with van der Waals surface area (Å²) in [4.78, 5) is 15.9. The van der Waals surface area contributed by atoms with Crippen LogP contribution >= 0.6 is 0 Å². The van der Waals surface area contributed by atoms with Crippen molar-refractivity contribution in [3.05, 3.63) is 65.5 Å². The average Bonchev–Trinajstić information content (AvgIpc) is 2.69. The standard InChI is InChI=1S/C21H26FN3O2/c1-24(2)19-8-6-16(7-9-19)20(25-10-12-27-13-11-25)15-23-21(26)17-4-3-5-18(22)14-17/h3-9,14,20H,10-13,15H2,1-2H3,(H,23,26)/p+1/t20-/m1/s1. The van der Waals surface area contributed by atoms with Crippen LogP contribution in [-0.2, 0) is 4.74 Å². The maximum atomic E-state index is 13.4. The third-order valence-electron chi connectivity index (χ3n) is 4.99. The lowest BCUT2D eigenvalue weighted by atomic mass is 10.0. The number of carbonyl (C=O) groups is 1. The number of amides is 1. The van der Waals surface area contributed by atoms with Gasteiger partial charge in [0.15, 0.2) is 0 Å². The van der Waals surface area contributed by atoms with Gasteiger partial charge in [0.05, 0.1) is 19.8 Å². The topological polar surface area (TPSA) is 46.0 Å². The van der Waals surface area contributed by atoms with Crippen LogP contribution in [0.15, 0.2) is 48.5 Å². The van der Waals surface area contributed by atoms with Crippen molar-refractivity contribution in [2.75, 3.05) is 51.8 Å². The van der Waals surface area contributed by atoms with E-state index in [1.165, 1.54) is 22.6 Å². The first-order valence-corrected chi connectivity index (χ1v) is 9.28. The Morgan fingerprint density at radius 3 is 2.52 bits per heavy atom. The normalized spacial score (nSPS) is 16.0. The molecular weight excluding hydrogens is 345 g/mol. The fourth-order valence-corrected chi connectivity index (χ4v) is 3.41. The van der Waals surface area contributed by atoms with Crippen LogP contribution in [0, 0.1) is 5.82 Å². The van der Waals surface area contributed by atoms with Gasteiger partial charge >= 0.3 is 0 Å². The Morgan fingerprint density at radius 1 is 1.19 bits per heavy atom. The Hall–Kier alpha value is -2.44. The summed E-state index contributed by atoms with van der Waals surface area (Å²) in [6.07, 6.45) is 0. The first kappa shape index (κ1) is 19.3. The highest BCUT2D eigenvalue weighted by Gasteiger charge is 2.27. The van der Waals surface area contributed by atoms with Gasteiger partial charge in [-0.05, 0) is 30.3 Å². The van der Waals surface area contributed by atoms with Crippen LogP contribution in [0.5, 0.6) is 0 Å². The molecule has 0 saturated carbocycles. The molecule has 2 aromatic rings. The fraction of sp³-hybridized carbons (Fsp3) is 0.381. The minimum Gasteiger partial charge on any atom is -0.378 e. The molecule has 144 valence electrons. The predicted molar refractivity (Wildman–Crippen MR) is 104 cm³/mol. The third-order valence-corrected chi connectivity index (χ3v) is 4.99. The van der Waals surface area contributed by atoms with Crippen LogP contribution < -0.4 is 15.1 Å². The van der Waals surface area contributed by atoms with Crippen molar-refractivity contribution >= 4 is 11.6 Å². The lowest BCUT2D eigenvalue weighted by Gasteiger charge is -2.32. The number of carbonyl (C=O) groups excluding carboxylic acids is 1. The Labute approximate surface area is 159 Å². The Morgan fingerprint density at radius 2 is 1.89 bits per heavy atom. The number of morpholine rings is 1. The fourth-order valence-electron chi connectivity index (χ4n) is 3.41. The molecule has 0 aliphatic carbocycles. The molecule has 0 spiro atoms. The zero-order valence-electron chi connectivity index (χ0n) is 15.9. The predicted octanol–water partition coefficient (Wildman–Crippen LogP) is 1.28. The first-order chi connectivity index (χ1) is 13.0. The molecule has 27 heavy (non-hydrogen) atoms. The second-order valence-electron chi connectivity index (χ2n) is 7.03. The number of hydrogen-bond acceptors (Lipinski definition) is 3. The van der Waals surface area contributed by atoms with Gasteiger partial charge in [0.2, 0.25) is 0 Å². The molecule has 0 aromatic heterocycles. The quantitative estimate of drug-likeness (QED) is 0.803. The maximum absolute atomic E-state index is 13.4. The van der Waals surface area contributed by atoms with Crippen LogP contribution in [0.1, 0.15) is 22.0 Å². The van der Waals surface area contributed by atoms with E-state index in [2.05, 4.69) is 34.5 Å². The van der Waals surface area contributed by atoms with E-state index < -0.39 is 5.82 Å². The molecule has 3 rings (SSSR count). The summed E-state index contributed by atoms with van der Waals surface area (Å²) in [6, 6.07) is 14.3. The molecule has 0 bridgehead atoms. The largest absolute Gasteiger partial charge is 0.378 e. The molecule has 2 aromatic carbocycles. The molecule has 2 N–H and O–H groups in total. The van der Waals surface area contributed by atoms with Gasteiger partial charge in [-0.25, -0.2) is 4.39 Å². The number of anilines is 1. The van der Waals surface area contributed by atoms with Crippen molar-refractivity contribution in [3.63, 3.8) is 0 Å². The summed E-state index contributed by atoms with van der Waals surface area (Å²) in [5, 5.41) is 2.98. The van der Waals surface area contributed by atoms with E-state index in [-0.39, 0.29) is 11.9 Å². The maximum Gasteiger partial charge on any atom is 0.251 e. The van der Waals surface area contributed by atoms with Gasteiger partial charge in [0.25, 0.3) is 5.91 Å². The van der Waals surface area contributed by atoms with Crippen molar-refractivity contribution in [2.24, 2.45) is 0 Å². The highest BCUT2D eigenvalue weighted by Crippen LogP contribution is 2.16. The van der Waals surface area contributed by atoms with E-state index in [0.29, 0.717) is 12.1 Å². The molecule has 5 nitrogen and oxygen atoms in total. The highest BCUT2D eigenvalue weighted by molar-refractivity contribution is 5.94. The summed E-state index contributed by atoms with van der Waals surface area (Å²) in [7, 11) is 4.03. The number of nitrogens with zero attached hydrogens (tertiary/aromatic N) is 1. The summed E-state index contributed by atoms with van der Waals surface area (Å²) < 4.78 is 18.9. The summed E-state index contributed by atoms with van der Waals surface area (Å²) in [5.41, 5.74) is 2.66. The number of benzene rings is 2. The smallest absolute Gasteiger partial charge is 0.251 e. The molecule has 6 heteroatoms. The van der Waals surface area contributed by atoms with Crippen molar-refractivity contribution in [3.8, 4) is 0 Å². The second kappa shape index (κ2) is 8.97. The number of nitrogens with one attached hydrogen (secondary N) is 2. The van der Waals surface area contributed by atoms with Gasteiger partial charge in [-0.1, -0.05) is 18.2 Å². The zero-order chi connectivity index (χ0) is 19.2. The van der Waals surface area contributed by atoms with Gasteiger partial charge in [0, 0.05) is 30.9 Å². The second-order valence-corrected chi connectivity index (χ2v) is 7.03. The minimum atomic E-state index is -0.405. The Kier molecular flexibility index (Phi) is 6.42. The Bertz CT molecular complexity index is 758. The number of ether oxygens (including phenoxy) is 1. The molecule has 1 fully saturated rings. The van der Waals surface area contributed by atoms with Gasteiger partial charge in [-0.2, -0.15) is 0 Å². The van der Waals surface area contributed by atoms with Crippen molar-refractivity contribution in [2.45, 2.75) is 6.04 Å². The number of hydrogen-bond donors (Lipinski definition) is 2. The van der Waals surface area contributed by atoms with Crippen LogP contribution in [-0.4, -0.2) is 52.9 Å². The van der Waals surface area contributed by atoms with Gasteiger partial charge in [0.1, 0.15) is 24.9 Å². The van der Waals surface area contributed by atoms with Crippen LogP contribution in [0.25, 0.3) is 0 Å². The van der Waals surface area contributed by atoms with Crippen LogP contribution in [0.2, 0.25) is 0 Å². The monoisotopic (exact) mass is 372 g/mol. The van der Waals surface area contributed by atoms with E-state index >= 15 is 0 Å². The Balaban J connectivity index is 1.74. The molecule has 1 saturated heterocycles. The summed E-state index contributed by atoms with van der Waals surface area (Å²) in [6.45, 7) is 3.73. The molecule has 1 heterocycles. The van der Waals surface area contributed by atoms with E-state index in [1.807, 2.05) is 14.1 Å². The van der Waals surface area contributed by atoms with Crippen LogP contribution in [0.3, 0.4) is 0 Å². The van der Waals surface area contributed by atoms with E-state index in [4.69, 9.17) is 4.74 Å². The molecule has 0 radical (unpaired) electrons. The summed E-state index contributed by atoms with van der Waals surface area (Å²) in [5.74, 6) is -0.658. The molecule has 1 aliphatic heterocycles.